The fourth-order valence-electron chi connectivity index (χ4n) is 1.78. The van der Waals surface area contributed by atoms with Gasteiger partial charge in [-0.2, -0.15) is 0 Å². The van der Waals surface area contributed by atoms with Crippen LogP contribution in [0.3, 0.4) is 0 Å². The van der Waals surface area contributed by atoms with Gasteiger partial charge in [-0.05, 0) is 11.1 Å². The Morgan fingerprint density at radius 3 is 1.25 bits per heavy atom. The summed E-state index contributed by atoms with van der Waals surface area (Å²) in [5, 5.41) is 13.3. The number of alkyl halides is 14. The van der Waals surface area contributed by atoms with Crippen molar-refractivity contribution < 1.29 is 19.0 Å². The number of rotatable bonds is 8. The lowest BCUT2D eigenvalue weighted by atomic mass is 9.89. The van der Waals surface area contributed by atoms with Crippen molar-refractivity contribution >= 4 is 208 Å². The summed E-state index contributed by atoms with van der Waals surface area (Å²) in [6.45, 7) is 0. The summed E-state index contributed by atoms with van der Waals surface area (Å²) in [5.41, 5.74) is 0. The third kappa shape index (κ3) is 5.63. The Kier molecular flexibility index (Phi) is 13.0. The fraction of sp³-hybridized carbons (Fsp3) is 0.800. The van der Waals surface area contributed by atoms with Gasteiger partial charge in [0.1, 0.15) is 4.49 Å². The molecule has 0 rings (SSSR count). The van der Waals surface area contributed by atoms with Crippen LogP contribution in [0.5, 0.6) is 0 Å². The predicted octanol–water partition coefficient (Wildman–Crippen LogP) is 8.61. The Morgan fingerprint density at radius 2 is 1.00 bits per heavy atom. The molecule has 32 heavy (non-hydrogen) atoms. The Morgan fingerprint density at radius 1 is 0.656 bits per heavy atom. The zero-order chi connectivity index (χ0) is 26.7. The molecule has 0 amide bonds. The largest absolute Gasteiger partial charge is 0.770 e. The molecule has 4 atom stereocenters. The van der Waals surface area contributed by atoms with E-state index in [1.54, 1.807) is 0 Å². The van der Waals surface area contributed by atoms with Gasteiger partial charge in [-0.15, -0.1) is 11.6 Å². The second kappa shape index (κ2) is 11.3. The Balaban J connectivity index is 7.50. The van der Waals surface area contributed by atoms with Crippen LogP contribution in [-0.2, 0) is 11.1 Å². The molecule has 0 radical (unpaired) electrons. The van der Waals surface area contributed by atoms with E-state index in [2.05, 4.69) is 0 Å². The maximum Gasteiger partial charge on any atom is 0.216 e. The van der Waals surface area contributed by atoms with Gasteiger partial charge in [0.15, 0.2) is 17.9 Å². The summed E-state index contributed by atoms with van der Waals surface area (Å²) in [4.78, 5) is -3.67. The highest BCUT2D eigenvalue weighted by Gasteiger charge is 2.84. The van der Waals surface area contributed by atoms with Crippen molar-refractivity contribution in [1.82, 2.24) is 0 Å². The first-order chi connectivity index (χ1) is 13.5. The lowest BCUT2D eigenvalue weighted by Gasteiger charge is -2.57. The minimum absolute atomic E-state index is 0.939. The van der Waals surface area contributed by atoms with Crippen molar-refractivity contribution in [1.29, 1.82) is 0 Å². The third-order valence-electron chi connectivity index (χ3n) is 3.54. The zero-order valence-corrected chi connectivity index (χ0v) is 27.2. The van der Waals surface area contributed by atoms with Crippen LogP contribution in [0.1, 0.15) is 0 Å². The molecule has 0 saturated carbocycles. The van der Waals surface area contributed by atoms with E-state index < -0.39 is 56.1 Å². The molecule has 192 valence electrons. The molecule has 0 heterocycles. The predicted molar refractivity (Wildman–Crippen MR) is 142 cm³/mol. The lowest BCUT2D eigenvalue weighted by Crippen LogP contribution is -2.77. The van der Waals surface area contributed by atoms with E-state index in [1.165, 1.54) is 0 Å². The van der Waals surface area contributed by atoms with Crippen LogP contribution in [0.15, 0.2) is 9.52 Å². The van der Waals surface area contributed by atoms with E-state index in [0.29, 0.717) is 0 Å². The van der Waals surface area contributed by atoms with Gasteiger partial charge in [0.05, 0.1) is 5.03 Å². The second-order valence-electron chi connectivity index (χ2n) is 5.45. The van der Waals surface area contributed by atoms with E-state index in [0.717, 1.165) is 0 Å². The topological polar surface area (TPSA) is 80.6 Å². The van der Waals surface area contributed by atoms with Crippen molar-refractivity contribution in [2.24, 2.45) is 0 Å². The SMILES string of the molecule is O=S([O-])C(Cl)(Cl)C(Cl)(Cl)C(Cl)(Cl)C(O)(Cl)C(Cl)(C(Cl)(Cl)Cl)C(Cl)(Cl)C(O)(Cl)C(Cl)=C(Cl)Cl. The third-order valence-corrected chi connectivity index (χ3v) is 14.8. The highest BCUT2D eigenvalue weighted by atomic mass is 35.6. The maximum absolute atomic E-state index is 11.5. The fourth-order valence-corrected chi connectivity index (χ4v) is 7.85. The normalized spacial score (nSPS) is 21.2. The lowest BCUT2D eigenvalue weighted by molar-refractivity contribution is 0.0227. The minimum Gasteiger partial charge on any atom is -0.770 e. The van der Waals surface area contributed by atoms with E-state index >= 15 is 0 Å². The summed E-state index contributed by atoms with van der Waals surface area (Å²) < 4.78 is 4.80. The molecule has 0 aromatic carbocycles. The molecule has 0 aliphatic heterocycles. The van der Waals surface area contributed by atoms with Crippen molar-refractivity contribution in [3.63, 3.8) is 0 Å². The molecule has 0 aromatic rings. The van der Waals surface area contributed by atoms with Gasteiger partial charge < -0.3 is 14.8 Å². The van der Waals surface area contributed by atoms with E-state index in [4.69, 9.17) is 197 Å². The standard InChI is InChI=1S/C10H3Cl17O4S/c11-1(2(12)13)3(14,28)5(16,17)4(15,9(23,24)25)8(22,29)6(18,19)7(20,21)10(26,27)32(30)31/h28-29H,(H,30,31)/p-1. The summed E-state index contributed by atoms with van der Waals surface area (Å²) in [5.74, 6) is 0. The smallest absolute Gasteiger partial charge is 0.216 e. The minimum atomic E-state index is -3.93. The highest BCUT2D eigenvalue weighted by molar-refractivity contribution is 7.84. The number of halogens is 17. The van der Waals surface area contributed by atoms with Crippen LogP contribution < -0.4 is 0 Å². The summed E-state index contributed by atoms with van der Waals surface area (Å²) in [6.07, 6.45) is 0. The Hall–Kier alpha value is 4.70. The first kappa shape index (κ1) is 36.7. The molecule has 0 aliphatic carbocycles. The average molecular weight is 821 g/mol. The molecular weight excluding hydrogens is 819 g/mol. The van der Waals surface area contributed by atoms with E-state index in [-0.39, 0.29) is 0 Å². The molecular formula is C10H2Cl17O4S-. The van der Waals surface area contributed by atoms with Gasteiger partial charge in [-0.1, -0.05) is 186 Å². The van der Waals surface area contributed by atoms with Gasteiger partial charge in [0.25, 0.3) is 0 Å². The van der Waals surface area contributed by atoms with Gasteiger partial charge in [0, 0.05) is 0 Å². The van der Waals surface area contributed by atoms with Gasteiger partial charge in [0.2, 0.25) is 17.6 Å². The summed E-state index contributed by atoms with van der Waals surface area (Å²) in [6, 6.07) is 0. The molecule has 0 aliphatic rings. The second-order valence-corrected chi connectivity index (χ2v) is 17.6. The first-order valence-electron chi connectivity index (χ1n) is 6.45. The van der Waals surface area contributed by atoms with Crippen molar-refractivity contribution in [3.05, 3.63) is 9.52 Å². The number of aliphatic hydroxyl groups is 2. The summed E-state index contributed by atoms with van der Waals surface area (Å²) >= 11 is 96.0. The molecule has 0 aromatic heterocycles. The quantitative estimate of drug-likeness (QED) is 0.190. The van der Waals surface area contributed by atoms with Gasteiger partial charge >= 0.3 is 0 Å². The highest BCUT2D eigenvalue weighted by Crippen LogP contribution is 2.71. The van der Waals surface area contributed by atoms with Crippen LogP contribution in [0.4, 0.5) is 0 Å². The van der Waals surface area contributed by atoms with Crippen LogP contribution >= 0.6 is 197 Å². The molecule has 22 heteroatoms. The van der Waals surface area contributed by atoms with Crippen LogP contribution in [0.25, 0.3) is 0 Å². The number of hydrogen-bond donors (Lipinski definition) is 2. The van der Waals surface area contributed by atoms with Gasteiger partial charge in [-0.3, -0.25) is 4.21 Å². The van der Waals surface area contributed by atoms with Crippen LogP contribution in [0, 0.1) is 0 Å². The number of hydrogen-bond acceptors (Lipinski definition) is 4. The monoisotopic (exact) mass is 812 g/mol. The van der Waals surface area contributed by atoms with Crippen molar-refractivity contribution in [2.45, 2.75) is 35.5 Å². The van der Waals surface area contributed by atoms with Crippen LogP contribution in [-0.4, -0.2) is 54.4 Å². The van der Waals surface area contributed by atoms with E-state index in [9.17, 15) is 19.0 Å². The Bertz CT molecular complexity index is 783. The molecule has 0 bridgehead atoms. The van der Waals surface area contributed by atoms with Crippen molar-refractivity contribution in [3.8, 4) is 0 Å². The molecule has 4 nitrogen and oxygen atoms in total. The zero-order valence-electron chi connectivity index (χ0n) is 13.5. The summed E-state index contributed by atoms with van der Waals surface area (Å²) in [7, 11) is 0. The van der Waals surface area contributed by atoms with Crippen LogP contribution in [0.2, 0.25) is 0 Å². The molecule has 4 unspecified atom stereocenters. The van der Waals surface area contributed by atoms with E-state index in [1.807, 2.05) is 0 Å². The maximum atomic E-state index is 11.5. The average Bonchev–Trinajstić information content (AvgIpc) is 2.57. The Labute approximate surface area is 268 Å². The molecule has 0 fully saturated rings. The molecule has 0 saturated heterocycles. The van der Waals surface area contributed by atoms with Gasteiger partial charge in [-0.25, -0.2) is 0 Å². The molecule has 2 N–H and O–H groups in total. The van der Waals surface area contributed by atoms with Crippen molar-refractivity contribution in [2.75, 3.05) is 0 Å². The first-order valence-corrected chi connectivity index (χ1v) is 13.9. The molecule has 0 spiro atoms.